The highest BCUT2D eigenvalue weighted by Gasteiger charge is 2.06. The molecule has 21 heavy (non-hydrogen) atoms. The summed E-state index contributed by atoms with van der Waals surface area (Å²) in [6.45, 7) is 1.99. The second kappa shape index (κ2) is 8.45. The highest BCUT2D eigenvalue weighted by Crippen LogP contribution is 2.15. The minimum atomic E-state index is -0.203. The van der Waals surface area contributed by atoms with E-state index in [1.54, 1.807) is 0 Å². The number of nitrogens with one attached hydrogen (secondary N) is 1. The molecular formula is C17H24N2O2. The van der Waals surface area contributed by atoms with Gasteiger partial charge in [0.05, 0.1) is 0 Å². The minimum absolute atomic E-state index is 0.000231. The number of hydrogen-bond acceptors (Lipinski definition) is 3. The van der Waals surface area contributed by atoms with Crippen LogP contribution in [0.4, 0.5) is 0 Å². The molecule has 1 aliphatic carbocycles. The van der Waals surface area contributed by atoms with Gasteiger partial charge in [-0.05, 0) is 50.3 Å². The van der Waals surface area contributed by atoms with E-state index in [2.05, 4.69) is 10.5 Å². The van der Waals surface area contributed by atoms with E-state index in [9.17, 15) is 4.79 Å². The van der Waals surface area contributed by atoms with Crippen molar-refractivity contribution in [2.24, 2.45) is 5.10 Å². The van der Waals surface area contributed by atoms with Gasteiger partial charge in [-0.1, -0.05) is 31.4 Å². The maximum Gasteiger partial charge on any atom is 0.277 e. The molecule has 0 saturated heterocycles. The Bertz CT molecular complexity index is 487. The molecule has 0 spiro atoms. The Balaban J connectivity index is 1.75. The number of ether oxygens (including phenoxy) is 1. The Kier molecular flexibility index (Phi) is 6.25. The van der Waals surface area contributed by atoms with Gasteiger partial charge in [0, 0.05) is 5.71 Å². The maximum atomic E-state index is 11.8. The first-order valence-electron chi connectivity index (χ1n) is 7.78. The van der Waals surface area contributed by atoms with Crippen LogP contribution in [-0.2, 0) is 4.79 Å². The SMILES string of the molecule is Cc1cccc(OCC(=O)NN=C2CCCCCCC2)c1. The molecular weight excluding hydrogens is 264 g/mol. The van der Waals surface area contributed by atoms with Gasteiger partial charge in [0.25, 0.3) is 5.91 Å². The third-order valence-electron chi connectivity index (χ3n) is 3.63. The van der Waals surface area contributed by atoms with Gasteiger partial charge in [0.15, 0.2) is 6.61 Å². The van der Waals surface area contributed by atoms with Gasteiger partial charge >= 0.3 is 0 Å². The molecule has 0 heterocycles. The quantitative estimate of drug-likeness (QED) is 0.861. The molecule has 4 nitrogen and oxygen atoms in total. The third kappa shape index (κ3) is 5.98. The molecule has 1 amide bonds. The van der Waals surface area contributed by atoms with Crippen LogP contribution in [0.5, 0.6) is 5.75 Å². The molecule has 1 aromatic carbocycles. The second-order valence-corrected chi connectivity index (χ2v) is 5.59. The van der Waals surface area contributed by atoms with Crippen molar-refractivity contribution in [2.75, 3.05) is 6.61 Å². The van der Waals surface area contributed by atoms with E-state index in [4.69, 9.17) is 4.74 Å². The van der Waals surface area contributed by atoms with Gasteiger partial charge in [0.2, 0.25) is 0 Å². The topological polar surface area (TPSA) is 50.7 Å². The second-order valence-electron chi connectivity index (χ2n) is 5.59. The number of carbonyl (C=O) groups is 1. The molecule has 0 aliphatic heterocycles. The number of hydrazone groups is 1. The van der Waals surface area contributed by atoms with Crippen LogP contribution >= 0.6 is 0 Å². The first-order valence-corrected chi connectivity index (χ1v) is 7.78. The van der Waals surface area contributed by atoms with E-state index < -0.39 is 0 Å². The molecule has 0 aromatic heterocycles. The van der Waals surface area contributed by atoms with Crippen molar-refractivity contribution >= 4 is 11.6 Å². The lowest BCUT2D eigenvalue weighted by molar-refractivity contribution is -0.123. The predicted molar refractivity (Wildman–Crippen MR) is 84.6 cm³/mol. The smallest absolute Gasteiger partial charge is 0.277 e. The van der Waals surface area contributed by atoms with Crippen molar-refractivity contribution in [2.45, 2.75) is 51.9 Å². The fourth-order valence-electron chi connectivity index (χ4n) is 2.45. The first-order chi connectivity index (χ1) is 10.2. The predicted octanol–water partition coefficient (Wildman–Crippen LogP) is 3.59. The van der Waals surface area contributed by atoms with E-state index in [1.807, 2.05) is 31.2 Å². The van der Waals surface area contributed by atoms with Gasteiger partial charge in [-0.2, -0.15) is 5.10 Å². The standard InChI is InChI=1S/C17H24N2O2/c1-14-8-7-11-16(12-14)21-13-17(20)19-18-15-9-5-3-2-4-6-10-15/h7-8,11-12H,2-6,9-10,13H2,1H3,(H,19,20). The largest absolute Gasteiger partial charge is 0.484 e. The van der Waals surface area contributed by atoms with Crippen LogP contribution in [0.15, 0.2) is 29.4 Å². The summed E-state index contributed by atoms with van der Waals surface area (Å²) >= 11 is 0. The lowest BCUT2D eigenvalue weighted by atomic mass is 9.99. The summed E-state index contributed by atoms with van der Waals surface area (Å²) in [6, 6.07) is 7.67. The summed E-state index contributed by atoms with van der Waals surface area (Å²) < 4.78 is 5.45. The average molecular weight is 288 g/mol. The van der Waals surface area contributed by atoms with Gasteiger partial charge in [-0.25, -0.2) is 5.43 Å². The number of benzene rings is 1. The molecule has 0 atom stereocenters. The van der Waals surface area contributed by atoms with Gasteiger partial charge in [-0.3, -0.25) is 4.79 Å². The van der Waals surface area contributed by atoms with E-state index >= 15 is 0 Å². The summed E-state index contributed by atoms with van der Waals surface area (Å²) in [6.07, 6.45) is 8.21. The van der Waals surface area contributed by atoms with Crippen molar-refractivity contribution in [1.29, 1.82) is 0 Å². The van der Waals surface area contributed by atoms with Crippen molar-refractivity contribution < 1.29 is 9.53 Å². The monoisotopic (exact) mass is 288 g/mol. The van der Waals surface area contributed by atoms with Crippen LogP contribution in [0.3, 0.4) is 0 Å². The number of nitrogens with zero attached hydrogens (tertiary/aromatic N) is 1. The van der Waals surface area contributed by atoms with E-state index in [1.165, 1.54) is 32.1 Å². The van der Waals surface area contributed by atoms with Crippen LogP contribution < -0.4 is 10.2 Å². The Labute approximate surface area is 126 Å². The summed E-state index contributed by atoms with van der Waals surface area (Å²) in [5, 5.41) is 4.25. The van der Waals surface area contributed by atoms with E-state index in [-0.39, 0.29) is 12.5 Å². The molecule has 1 aliphatic rings. The van der Waals surface area contributed by atoms with Crippen LogP contribution in [0.25, 0.3) is 0 Å². The number of amides is 1. The number of hydrogen-bond donors (Lipinski definition) is 1. The van der Waals surface area contributed by atoms with Gasteiger partial charge in [-0.15, -0.1) is 0 Å². The highest BCUT2D eigenvalue weighted by atomic mass is 16.5. The van der Waals surface area contributed by atoms with Crippen LogP contribution in [-0.4, -0.2) is 18.2 Å². The van der Waals surface area contributed by atoms with Crippen LogP contribution in [0.2, 0.25) is 0 Å². The van der Waals surface area contributed by atoms with E-state index in [0.717, 1.165) is 24.1 Å². The average Bonchev–Trinajstić information content (AvgIpc) is 2.44. The fourth-order valence-corrected chi connectivity index (χ4v) is 2.45. The Morgan fingerprint density at radius 3 is 2.62 bits per heavy atom. The highest BCUT2D eigenvalue weighted by molar-refractivity contribution is 5.86. The molecule has 0 unspecified atom stereocenters. The first kappa shape index (κ1) is 15.5. The number of carbonyl (C=O) groups excluding carboxylic acids is 1. The zero-order valence-corrected chi connectivity index (χ0v) is 12.7. The van der Waals surface area contributed by atoms with Crippen LogP contribution in [0, 0.1) is 6.92 Å². The molecule has 1 aromatic rings. The van der Waals surface area contributed by atoms with Crippen molar-refractivity contribution in [3.05, 3.63) is 29.8 Å². The zero-order valence-electron chi connectivity index (χ0n) is 12.7. The molecule has 114 valence electrons. The normalized spacial score (nSPS) is 15.8. The molecule has 1 saturated carbocycles. The third-order valence-corrected chi connectivity index (χ3v) is 3.63. The van der Waals surface area contributed by atoms with Gasteiger partial charge < -0.3 is 4.74 Å². The van der Waals surface area contributed by atoms with Crippen molar-refractivity contribution in [3.8, 4) is 5.75 Å². The van der Waals surface area contributed by atoms with Gasteiger partial charge in [0.1, 0.15) is 5.75 Å². The Hall–Kier alpha value is -1.84. The number of rotatable bonds is 4. The summed E-state index contributed by atoms with van der Waals surface area (Å²) in [4.78, 5) is 11.8. The molecule has 0 radical (unpaired) electrons. The maximum absolute atomic E-state index is 11.8. The molecule has 4 heteroatoms. The van der Waals surface area contributed by atoms with Crippen molar-refractivity contribution in [3.63, 3.8) is 0 Å². The molecule has 1 fully saturated rings. The minimum Gasteiger partial charge on any atom is -0.484 e. The Morgan fingerprint density at radius 1 is 1.19 bits per heavy atom. The van der Waals surface area contributed by atoms with Crippen LogP contribution in [0.1, 0.15) is 50.5 Å². The molecule has 1 N–H and O–H groups in total. The lowest BCUT2D eigenvalue weighted by Gasteiger charge is -2.11. The van der Waals surface area contributed by atoms with E-state index in [0.29, 0.717) is 5.75 Å². The lowest BCUT2D eigenvalue weighted by Crippen LogP contribution is -2.26. The Morgan fingerprint density at radius 2 is 1.90 bits per heavy atom. The molecule has 0 bridgehead atoms. The summed E-state index contributed by atoms with van der Waals surface area (Å²) in [7, 11) is 0. The number of aryl methyl sites for hydroxylation is 1. The summed E-state index contributed by atoms with van der Waals surface area (Å²) in [5.74, 6) is 0.509. The fraction of sp³-hybridized carbons (Fsp3) is 0.529. The molecule has 2 rings (SSSR count). The van der Waals surface area contributed by atoms with Crippen molar-refractivity contribution in [1.82, 2.24) is 5.43 Å². The zero-order chi connectivity index (χ0) is 14.9. The summed E-state index contributed by atoms with van der Waals surface area (Å²) in [5.41, 5.74) is 4.83.